The lowest BCUT2D eigenvalue weighted by atomic mass is 10.1. The van der Waals surface area contributed by atoms with Crippen molar-refractivity contribution < 1.29 is 9.15 Å². The molecule has 44 heavy (non-hydrogen) atoms. The Kier molecular flexibility index (Phi) is 5.46. The molecule has 8 aromatic rings. The molecule has 0 radical (unpaired) electrons. The van der Waals surface area contributed by atoms with E-state index < -0.39 is 0 Å². The summed E-state index contributed by atoms with van der Waals surface area (Å²) < 4.78 is 14.4. The van der Waals surface area contributed by atoms with Gasteiger partial charge in [0.2, 0.25) is 0 Å². The smallest absolute Gasteiger partial charge is 0.141 e. The van der Waals surface area contributed by atoms with E-state index in [2.05, 4.69) is 124 Å². The quantitative estimate of drug-likeness (QED) is 0.206. The van der Waals surface area contributed by atoms with Crippen LogP contribution in [0.2, 0.25) is 0 Å². The number of furan rings is 1. The van der Waals surface area contributed by atoms with Crippen molar-refractivity contribution in [3.63, 3.8) is 0 Å². The highest BCUT2D eigenvalue weighted by molar-refractivity contribution is 6.09. The molecular formula is C38H26N4O2. The van der Waals surface area contributed by atoms with Gasteiger partial charge in [-0.3, -0.25) is 4.57 Å². The third-order valence-electron chi connectivity index (χ3n) is 8.38. The zero-order chi connectivity index (χ0) is 29.0. The molecule has 0 saturated carbocycles. The number of aromatic nitrogens is 2. The van der Waals surface area contributed by atoms with Crippen molar-refractivity contribution in [2.75, 3.05) is 16.5 Å². The monoisotopic (exact) mass is 570 g/mol. The van der Waals surface area contributed by atoms with E-state index in [-0.39, 0.29) is 0 Å². The van der Waals surface area contributed by atoms with Crippen molar-refractivity contribution in [1.82, 2.24) is 9.55 Å². The zero-order valence-electron chi connectivity index (χ0n) is 23.7. The van der Waals surface area contributed by atoms with Crippen LogP contribution in [0.3, 0.4) is 0 Å². The molecule has 0 unspecified atom stereocenters. The van der Waals surface area contributed by atoms with Gasteiger partial charge in [-0.25, -0.2) is 4.98 Å². The van der Waals surface area contributed by atoms with Crippen LogP contribution < -0.4 is 14.5 Å². The average Bonchev–Trinajstić information content (AvgIpc) is 3.79. The number of hydrogen-bond donors (Lipinski definition) is 0. The number of pyridine rings is 1. The Morgan fingerprint density at radius 1 is 0.591 bits per heavy atom. The molecule has 6 nitrogen and oxygen atoms in total. The summed E-state index contributed by atoms with van der Waals surface area (Å²) in [5, 5.41) is 3.27. The molecule has 0 amide bonds. The predicted molar refractivity (Wildman–Crippen MR) is 177 cm³/mol. The van der Waals surface area contributed by atoms with Crippen LogP contribution in [-0.2, 0) is 0 Å². The van der Waals surface area contributed by atoms with E-state index in [0.717, 1.165) is 55.8 Å². The lowest BCUT2D eigenvalue weighted by Crippen LogP contribution is -2.23. The molecule has 0 fully saturated rings. The summed E-state index contributed by atoms with van der Waals surface area (Å²) in [5.74, 6) is 2.33. The molecule has 6 heteroatoms. The molecule has 0 bridgehead atoms. The Morgan fingerprint density at radius 3 is 2.20 bits per heavy atom. The van der Waals surface area contributed by atoms with Gasteiger partial charge in [0.05, 0.1) is 28.7 Å². The number of benzene rings is 5. The molecule has 0 saturated heterocycles. The van der Waals surface area contributed by atoms with Crippen LogP contribution in [0.5, 0.6) is 11.5 Å². The van der Waals surface area contributed by atoms with Gasteiger partial charge in [-0.1, -0.05) is 54.6 Å². The third-order valence-corrected chi connectivity index (χ3v) is 8.38. The summed E-state index contributed by atoms with van der Waals surface area (Å²) in [4.78, 5) is 9.45. The van der Waals surface area contributed by atoms with Crippen LogP contribution in [-0.4, -0.2) is 16.2 Å². The molecular weight excluding hydrogens is 544 g/mol. The third kappa shape index (κ3) is 3.92. The summed E-state index contributed by atoms with van der Waals surface area (Å²) in [6.07, 6.45) is 3.55. The minimum atomic E-state index is 0.714. The second-order valence-electron chi connectivity index (χ2n) is 11.0. The van der Waals surface area contributed by atoms with Gasteiger partial charge in [0.15, 0.2) is 0 Å². The number of hydrogen-bond acceptors (Lipinski definition) is 5. The van der Waals surface area contributed by atoms with E-state index in [1.54, 1.807) is 6.26 Å². The Hall–Kier alpha value is -6.01. The molecule has 210 valence electrons. The first-order valence-corrected chi connectivity index (χ1v) is 14.6. The number of nitrogens with zero attached hydrogens (tertiary/aromatic N) is 4. The molecule has 0 N–H and O–H groups in total. The first kappa shape index (κ1) is 24.6. The Bertz CT molecular complexity index is 2320. The topological polar surface area (TPSA) is 46.7 Å². The summed E-state index contributed by atoms with van der Waals surface area (Å²) in [6.45, 7) is 0.714. The van der Waals surface area contributed by atoms with E-state index >= 15 is 0 Å². The largest absolute Gasteiger partial charge is 0.464 e. The highest BCUT2D eigenvalue weighted by atomic mass is 16.5. The van der Waals surface area contributed by atoms with Gasteiger partial charge < -0.3 is 19.0 Å². The number of ether oxygens (including phenoxy) is 1. The minimum Gasteiger partial charge on any atom is -0.464 e. The number of rotatable bonds is 5. The molecule has 1 aliphatic rings. The first-order valence-electron chi connectivity index (χ1n) is 14.6. The summed E-state index contributed by atoms with van der Waals surface area (Å²) in [6, 6.07) is 45.9. The van der Waals surface area contributed by atoms with E-state index in [9.17, 15) is 0 Å². The molecule has 0 aliphatic carbocycles. The first-order chi connectivity index (χ1) is 21.8. The average molecular weight is 571 g/mol. The maximum Gasteiger partial charge on any atom is 0.141 e. The fourth-order valence-electron chi connectivity index (χ4n) is 6.34. The fraction of sp³-hybridized carbons (Fsp3) is 0.0263. The van der Waals surface area contributed by atoms with Gasteiger partial charge >= 0.3 is 0 Å². The highest BCUT2D eigenvalue weighted by Gasteiger charge is 2.27. The second kappa shape index (κ2) is 9.78. The standard InChI is InChI=1S/C38H26N4O2/c1-2-9-27(10-3-1)40-25-41(35-16-7-6-15-34(35)40)28-11-8-12-29(21-28)44-30-17-18-32-31-13-4-5-14-33(31)42(36(32)22-30)38-23-37-26(24-39-38)19-20-43-37/h1-24H,25H2. The van der Waals surface area contributed by atoms with E-state index in [1.165, 1.54) is 17.1 Å². The van der Waals surface area contributed by atoms with Gasteiger partial charge in [0, 0.05) is 51.9 Å². The molecule has 4 heterocycles. The molecule has 3 aromatic heterocycles. The Balaban J connectivity index is 1.09. The van der Waals surface area contributed by atoms with Crippen LogP contribution in [0.25, 0.3) is 38.6 Å². The van der Waals surface area contributed by atoms with Crippen LogP contribution in [0.1, 0.15) is 0 Å². The van der Waals surface area contributed by atoms with E-state index in [4.69, 9.17) is 14.1 Å². The van der Waals surface area contributed by atoms with Gasteiger partial charge in [0.25, 0.3) is 0 Å². The maximum atomic E-state index is 6.54. The molecule has 0 spiro atoms. The lowest BCUT2D eigenvalue weighted by molar-refractivity contribution is 0.483. The molecule has 5 aromatic carbocycles. The zero-order valence-corrected chi connectivity index (χ0v) is 23.7. The lowest BCUT2D eigenvalue weighted by Gasteiger charge is -2.22. The van der Waals surface area contributed by atoms with Crippen molar-refractivity contribution in [3.05, 3.63) is 146 Å². The number of fused-ring (bicyclic) bond motifs is 5. The van der Waals surface area contributed by atoms with Crippen molar-refractivity contribution >= 4 is 55.5 Å². The summed E-state index contributed by atoms with van der Waals surface area (Å²) in [7, 11) is 0. The summed E-state index contributed by atoms with van der Waals surface area (Å²) in [5.41, 5.74) is 7.49. The number of anilines is 4. The maximum absolute atomic E-state index is 6.54. The number of para-hydroxylation sites is 4. The van der Waals surface area contributed by atoms with Crippen LogP contribution >= 0.6 is 0 Å². The second-order valence-corrected chi connectivity index (χ2v) is 11.0. The van der Waals surface area contributed by atoms with Crippen LogP contribution in [0.15, 0.2) is 150 Å². The van der Waals surface area contributed by atoms with E-state index in [1.807, 2.05) is 30.5 Å². The van der Waals surface area contributed by atoms with Crippen molar-refractivity contribution in [3.8, 4) is 17.3 Å². The van der Waals surface area contributed by atoms with Gasteiger partial charge in [-0.05, 0) is 60.7 Å². The normalized spacial score (nSPS) is 12.8. The predicted octanol–water partition coefficient (Wildman–Crippen LogP) is 9.96. The van der Waals surface area contributed by atoms with Crippen molar-refractivity contribution in [2.24, 2.45) is 0 Å². The van der Waals surface area contributed by atoms with Gasteiger partial charge in [-0.2, -0.15) is 0 Å². The van der Waals surface area contributed by atoms with Gasteiger partial charge in [-0.15, -0.1) is 0 Å². The van der Waals surface area contributed by atoms with Crippen molar-refractivity contribution in [1.29, 1.82) is 0 Å². The highest BCUT2D eigenvalue weighted by Crippen LogP contribution is 2.45. The molecule has 1 aliphatic heterocycles. The van der Waals surface area contributed by atoms with Crippen molar-refractivity contribution in [2.45, 2.75) is 0 Å². The minimum absolute atomic E-state index is 0.714. The van der Waals surface area contributed by atoms with E-state index in [0.29, 0.717) is 6.67 Å². The molecule has 9 rings (SSSR count). The molecule has 0 atom stereocenters. The van der Waals surface area contributed by atoms with Crippen LogP contribution in [0.4, 0.5) is 22.7 Å². The Morgan fingerprint density at radius 2 is 1.32 bits per heavy atom. The summed E-state index contributed by atoms with van der Waals surface area (Å²) >= 11 is 0. The SMILES string of the molecule is c1ccc(N2CN(c3cccc(Oc4ccc5c6ccccc6n(-c6cc7occc7cn6)c5c4)c3)c3ccccc32)cc1. The fourth-order valence-corrected chi connectivity index (χ4v) is 6.34. The van der Waals surface area contributed by atoms with Gasteiger partial charge in [0.1, 0.15) is 29.6 Å². The Labute approximate surface area is 253 Å². The van der Waals surface area contributed by atoms with Crippen LogP contribution in [0, 0.1) is 0 Å².